The van der Waals surface area contributed by atoms with E-state index >= 15 is 0 Å². The van der Waals surface area contributed by atoms with Gasteiger partial charge in [0.05, 0.1) is 5.56 Å². The first-order chi connectivity index (χ1) is 10.3. The van der Waals surface area contributed by atoms with Gasteiger partial charge in [-0.2, -0.15) is 13.2 Å². The van der Waals surface area contributed by atoms with Gasteiger partial charge in [0.15, 0.2) is 5.11 Å². The fraction of sp³-hybridized carbons (Fsp3) is 0.133. The highest BCUT2D eigenvalue weighted by Gasteiger charge is 2.30. The molecule has 0 atom stereocenters. The summed E-state index contributed by atoms with van der Waals surface area (Å²) in [5.74, 6) is -0.367. The molecule has 2 aromatic carbocycles. The molecule has 0 aliphatic rings. The van der Waals surface area contributed by atoms with Crippen molar-refractivity contribution < 1.29 is 17.6 Å². The Bertz CT molecular complexity index is 653. The van der Waals surface area contributed by atoms with Crippen LogP contribution in [0.3, 0.4) is 0 Å². The molecule has 2 nitrogen and oxygen atoms in total. The monoisotopic (exact) mass is 328 g/mol. The quantitative estimate of drug-likeness (QED) is 0.648. The van der Waals surface area contributed by atoms with Crippen molar-refractivity contribution in [1.29, 1.82) is 0 Å². The highest BCUT2D eigenvalue weighted by atomic mass is 32.1. The zero-order valence-corrected chi connectivity index (χ0v) is 12.1. The van der Waals surface area contributed by atoms with E-state index in [1.54, 1.807) is 6.07 Å². The largest absolute Gasteiger partial charge is 0.416 e. The molecule has 0 unspecified atom stereocenters. The normalized spacial score (nSPS) is 11.1. The number of anilines is 1. The second-order valence-electron chi connectivity index (χ2n) is 4.51. The smallest absolute Gasteiger partial charge is 0.358 e. The first kappa shape index (κ1) is 16.2. The molecule has 0 aromatic heterocycles. The third kappa shape index (κ3) is 4.70. The van der Waals surface area contributed by atoms with E-state index < -0.39 is 11.7 Å². The highest BCUT2D eigenvalue weighted by molar-refractivity contribution is 7.80. The Kier molecular flexibility index (Phi) is 4.97. The zero-order valence-electron chi connectivity index (χ0n) is 11.2. The molecule has 2 rings (SSSR count). The lowest BCUT2D eigenvalue weighted by atomic mass is 10.1. The lowest BCUT2D eigenvalue weighted by Gasteiger charge is -2.12. The maximum absolute atomic E-state index is 12.8. The molecular weight excluding hydrogens is 316 g/mol. The van der Waals surface area contributed by atoms with Crippen LogP contribution in [-0.4, -0.2) is 5.11 Å². The highest BCUT2D eigenvalue weighted by Crippen LogP contribution is 2.29. The molecule has 0 saturated heterocycles. The Morgan fingerprint density at radius 1 is 1.05 bits per heavy atom. The molecule has 22 heavy (non-hydrogen) atoms. The van der Waals surface area contributed by atoms with Crippen molar-refractivity contribution >= 4 is 23.0 Å². The Balaban J connectivity index is 1.92. The molecule has 0 saturated carbocycles. The van der Waals surface area contributed by atoms with Crippen LogP contribution in [0, 0.1) is 5.82 Å². The molecule has 2 aromatic rings. The van der Waals surface area contributed by atoms with E-state index in [9.17, 15) is 17.6 Å². The van der Waals surface area contributed by atoms with Crippen LogP contribution in [0.15, 0.2) is 48.5 Å². The van der Waals surface area contributed by atoms with Gasteiger partial charge in [0.1, 0.15) is 5.82 Å². The summed E-state index contributed by atoms with van der Waals surface area (Å²) in [6.45, 7) is 0.150. The first-order valence-corrected chi connectivity index (χ1v) is 6.72. The number of halogens is 4. The predicted molar refractivity (Wildman–Crippen MR) is 80.9 cm³/mol. The van der Waals surface area contributed by atoms with Gasteiger partial charge < -0.3 is 10.6 Å². The summed E-state index contributed by atoms with van der Waals surface area (Å²) < 4.78 is 50.6. The minimum absolute atomic E-state index is 0.150. The van der Waals surface area contributed by atoms with E-state index in [1.807, 2.05) is 0 Å². The van der Waals surface area contributed by atoms with Crippen LogP contribution in [-0.2, 0) is 12.7 Å². The van der Waals surface area contributed by atoms with Crippen LogP contribution >= 0.6 is 12.2 Å². The third-order valence-electron chi connectivity index (χ3n) is 2.81. The Labute approximate surface area is 130 Å². The second kappa shape index (κ2) is 6.74. The molecule has 0 aliphatic heterocycles. The number of benzene rings is 2. The molecule has 0 spiro atoms. The van der Waals surface area contributed by atoms with Crippen molar-refractivity contribution in [3.05, 3.63) is 65.5 Å². The summed E-state index contributed by atoms with van der Waals surface area (Å²) in [5.41, 5.74) is 0.338. The lowest BCUT2D eigenvalue weighted by Crippen LogP contribution is -2.28. The van der Waals surface area contributed by atoms with E-state index in [2.05, 4.69) is 10.6 Å². The average molecular weight is 328 g/mol. The second-order valence-corrected chi connectivity index (χ2v) is 4.92. The molecule has 116 valence electrons. The third-order valence-corrected chi connectivity index (χ3v) is 3.06. The molecule has 0 aliphatic carbocycles. The fourth-order valence-electron chi connectivity index (χ4n) is 1.75. The molecule has 0 amide bonds. The molecule has 0 fully saturated rings. The maximum atomic E-state index is 12.8. The van der Waals surface area contributed by atoms with Crippen molar-refractivity contribution in [2.75, 3.05) is 5.32 Å². The standard InChI is InChI=1S/C15H12F4N2S/c16-12-4-6-13(7-5-12)21-14(22)20-9-10-2-1-3-11(8-10)15(17,18)19/h1-8H,9H2,(H2,20,21,22). The lowest BCUT2D eigenvalue weighted by molar-refractivity contribution is -0.137. The first-order valence-electron chi connectivity index (χ1n) is 6.31. The van der Waals surface area contributed by atoms with Gasteiger partial charge >= 0.3 is 6.18 Å². The number of hydrogen-bond acceptors (Lipinski definition) is 1. The molecule has 0 bridgehead atoms. The topological polar surface area (TPSA) is 24.1 Å². The molecular formula is C15H12F4N2S. The average Bonchev–Trinajstić information content (AvgIpc) is 2.47. The minimum Gasteiger partial charge on any atom is -0.358 e. The SMILES string of the molecule is Fc1ccc(NC(=S)NCc2cccc(C(F)(F)F)c2)cc1. The van der Waals surface area contributed by atoms with Crippen molar-refractivity contribution in [2.24, 2.45) is 0 Å². The van der Waals surface area contributed by atoms with E-state index in [1.165, 1.54) is 30.3 Å². The molecule has 0 radical (unpaired) electrons. The van der Waals surface area contributed by atoms with Crippen LogP contribution in [0.2, 0.25) is 0 Å². The van der Waals surface area contributed by atoms with Crippen molar-refractivity contribution in [2.45, 2.75) is 12.7 Å². The molecule has 2 N–H and O–H groups in total. The van der Waals surface area contributed by atoms with Gasteiger partial charge in [-0.1, -0.05) is 12.1 Å². The van der Waals surface area contributed by atoms with E-state index in [0.717, 1.165) is 12.1 Å². The number of thiocarbonyl (C=S) groups is 1. The van der Waals surface area contributed by atoms with Gasteiger partial charge in [0.2, 0.25) is 0 Å². The van der Waals surface area contributed by atoms with Crippen LogP contribution in [0.5, 0.6) is 0 Å². The Morgan fingerprint density at radius 2 is 1.73 bits per heavy atom. The van der Waals surface area contributed by atoms with Crippen molar-refractivity contribution in [3.8, 4) is 0 Å². The van der Waals surface area contributed by atoms with Crippen molar-refractivity contribution in [3.63, 3.8) is 0 Å². The van der Waals surface area contributed by atoms with Gasteiger partial charge in [-0.05, 0) is 54.2 Å². The van der Waals surface area contributed by atoms with Gasteiger partial charge in [0, 0.05) is 12.2 Å². The summed E-state index contributed by atoms with van der Waals surface area (Å²) in [4.78, 5) is 0. The van der Waals surface area contributed by atoms with Gasteiger partial charge in [-0.3, -0.25) is 0 Å². The summed E-state index contributed by atoms with van der Waals surface area (Å²) in [5, 5.41) is 5.86. The summed E-state index contributed by atoms with van der Waals surface area (Å²) in [6.07, 6.45) is -4.37. The van der Waals surface area contributed by atoms with E-state index in [-0.39, 0.29) is 17.5 Å². The van der Waals surface area contributed by atoms with Crippen molar-refractivity contribution in [1.82, 2.24) is 5.32 Å². The summed E-state index contributed by atoms with van der Waals surface area (Å²) in [6, 6.07) is 10.6. The number of rotatable bonds is 3. The van der Waals surface area contributed by atoms with Crippen LogP contribution in [0.25, 0.3) is 0 Å². The van der Waals surface area contributed by atoms with E-state index in [0.29, 0.717) is 11.3 Å². The molecule has 0 heterocycles. The fourth-order valence-corrected chi connectivity index (χ4v) is 1.94. The Hall–Kier alpha value is -2.15. The van der Waals surface area contributed by atoms with Gasteiger partial charge in [-0.25, -0.2) is 4.39 Å². The van der Waals surface area contributed by atoms with Crippen LogP contribution < -0.4 is 10.6 Å². The number of nitrogens with one attached hydrogen (secondary N) is 2. The minimum atomic E-state index is -4.37. The summed E-state index contributed by atoms with van der Waals surface area (Å²) in [7, 11) is 0. The number of hydrogen-bond donors (Lipinski definition) is 2. The number of alkyl halides is 3. The maximum Gasteiger partial charge on any atom is 0.416 e. The summed E-state index contributed by atoms with van der Waals surface area (Å²) >= 11 is 5.04. The molecule has 7 heteroatoms. The van der Waals surface area contributed by atoms with Crippen LogP contribution in [0.1, 0.15) is 11.1 Å². The van der Waals surface area contributed by atoms with Gasteiger partial charge in [0.25, 0.3) is 0 Å². The zero-order chi connectivity index (χ0) is 16.2. The van der Waals surface area contributed by atoms with E-state index in [4.69, 9.17) is 12.2 Å². The predicted octanol–water partition coefficient (Wildman–Crippen LogP) is 4.33. The Morgan fingerprint density at radius 3 is 2.36 bits per heavy atom. The van der Waals surface area contributed by atoms with Crippen LogP contribution in [0.4, 0.5) is 23.2 Å². The van der Waals surface area contributed by atoms with Gasteiger partial charge in [-0.15, -0.1) is 0 Å².